The number of aryl methyl sites for hydroxylation is 1. The molecule has 0 saturated heterocycles. The third kappa shape index (κ3) is 2.01. The first-order valence-corrected chi connectivity index (χ1v) is 5.44. The minimum atomic E-state index is 0.694. The van der Waals surface area contributed by atoms with Crippen LogP contribution in [-0.2, 0) is 6.42 Å². The second kappa shape index (κ2) is 4.37. The van der Waals surface area contributed by atoms with Crippen LogP contribution < -0.4 is 0 Å². The normalized spacial score (nSPS) is 10.6. The number of thiophene rings is 1. The molecule has 0 fully saturated rings. The Hall–Kier alpha value is -1.16. The van der Waals surface area contributed by atoms with E-state index in [0.29, 0.717) is 11.7 Å². The molecule has 14 heavy (non-hydrogen) atoms. The van der Waals surface area contributed by atoms with Gasteiger partial charge in [-0.2, -0.15) is 4.98 Å². The first kappa shape index (κ1) is 9.40. The highest BCUT2D eigenvalue weighted by molar-refractivity contribution is 7.13. The van der Waals surface area contributed by atoms with Crippen molar-refractivity contribution in [2.45, 2.75) is 19.3 Å². The molecule has 73 valence electrons. The molecular weight excluding hydrogens is 196 g/mol. The van der Waals surface area contributed by atoms with Crippen LogP contribution in [0.4, 0.5) is 0 Å². The van der Waals surface area contributed by atoms with Crippen LogP contribution >= 0.6 is 11.3 Å². The molecule has 2 rings (SSSR count). The average molecular weight is 207 g/mol. The minimum Gasteiger partial charge on any atom is -0.339 e. The first-order valence-electron chi connectivity index (χ1n) is 4.56. The fourth-order valence-electron chi connectivity index (χ4n) is 1.14. The van der Waals surface area contributed by atoms with Gasteiger partial charge in [0.2, 0.25) is 11.7 Å². The Labute approximate surface area is 86.8 Å². The maximum Gasteiger partial charge on any atom is 0.226 e. The van der Waals surface area contributed by atoms with Gasteiger partial charge in [0.25, 0.3) is 0 Å². The number of rotatable bonds is 4. The van der Waals surface area contributed by atoms with Gasteiger partial charge in [0.05, 0.1) is 4.88 Å². The zero-order valence-corrected chi connectivity index (χ0v) is 8.59. The lowest BCUT2D eigenvalue weighted by Gasteiger charge is -1.87. The molecule has 0 aliphatic rings. The van der Waals surface area contributed by atoms with Crippen molar-refractivity contribution in [3.05, 3.63) is 30.3 Å². The van der Waals surface area contributed by atoms with Crippen molar-refractivity contribution in [1.29, 1.82) is 0 Å². The molecule has 4 heteroatoms. The summed E-state index contributed by atoms with van der Waals surface area (Å²) in [6.07, 6.45) is 2.71. The Kier molecular flexibility index (Phi) is 2.93. The SMILES string of the molecule is [CH2]CCCc1nc(-c2cccs2)no1. The second-order valence-electron chi connectivity index (χ2n) is 2.95. The Balaban J connectivity index is 2.10. The van der Waals surface area contributed by atoms with Gasteiger partial charge in [-0.1, -0.05) is 24.6 Å². The predicted molar refractivity (Wildman–Crippen MR) is 55.9 cm³/mol. The molecule has 0 saturated carbocycles. The summed E-state index contributed by atoms with van der Waals surface area (Å²) in [6, 6.07) is 3.96. The predicted octanol–water partition coefficient (Wildman–Crippen LogP) is 2.95. The summed E-state index contributed by atoms with van der Waals surface area (Å²) in [5.74, 6) is 1.40. The van der Waals surface area contributed by atoms with Gasteiger partial charge >= 0.3 is 0 Å². The molecule has 0 aromatic carbocycles. The van der Waals surface area contributed by atoms with Crippen molar-refractivity contribution >= 4 is 11.3 Å². The third-order valence-corrected chi connectivity index (χ3v) is 2.72. The van der Waals surface area contributed by atoms with Crippen LogP contribution in [0.3, 0.4) is 0 Å². The van der Waals surface area contributed by atoms with E-state index < -0.39 is 0 Å². The molecular formula is C10H11N2OS. The van der Waals surface area contributed by atoms with Crippen molar-refractivity contribution in [2.75, 3.05) is 0 Å². The largest absolute Gasteiger partial charge is 0.339 e. The Morgan fingerprint density at radius 1 is 1.50 bits per heavy atom. The second-order valence-corrected chi connectivity index (χ2v) is 3.89. The maximum atomic E-state index is 5.11. The standard InChI is InChI=1S/C10H11N2OS/c1-2-3-6-9-11-10(12-13-9)8-5-4-7-14-8/h4-5,7H,1-3,6H2. The van der Waals surface area contributed by atoms with Crippen molar-refractivity contribution in [1.82, 2.24) is 10.1 Å². The van der Waals surface area contributed by atoms with E-state index in [1.54, 1.807) is 11.3 Å². The maximum absolute atomic E-state index is 5.11. The lowest BCUT2D eigenvalue weighted by atomic mass is 10.2. The van der Waals surface area contributed by atoms with Crippen LogP contribution in [-0.4, -0.2) is 10.1 Å². The highest BCUT2D eigenvalue weighted by Gasteiger charge is 2.08. The van der Waals surface area contributed by atoms with Gasteiger partial charge in [-0.3, -0.25) is 0 Å². The fraction of sp³-hybridized carbons (Fsp3) is 0.300. The van der Waals surface area contributed by atoms with E-state index in [-0.39, 0.29) is 0 Å². The van der Waals surface area contributed by atoms with Crippen molar-refractivity contribution < 1.29 is 4.52 Å². The van der Waals surface area contributed by atoms with Crippen LogP contribution in [0, 0.1) is 6.92 Å². The average Bonchev–Trinajstić information content (AvgIpc) is 2.85. The van der Waals surface area contributed by atoms with Crippen molar-refractivity contribution in [3.8, 4) is 10.7 Å². The highest BCUT2D eigenvalue weighted by Crippen LogP contribution is 2.21. The zero-order chi connectivity index (χ0) is 9.80. The van der Waals surface area contributed by atoms with E-state index >= 15 is 0 Å². The van der Waals surface area contributed by atoms with Crippen LogP contribution in [0.5, 0.6) is 0 Å². The molecule has 2 aromatic heterocycles. The van der Waals surface area contributed by atoms with E-state index in [0.717, 1.165) is 24.1 Å². The molecule has 0 unspecified atom stereocenters. The summed E-state index contributed by atoms with van der Waals surface area (Å²) in [5, 5.41) is 5.92. The molecule has 0 bridgehead atoms. The van der Waals surface area contributed by atoms with Gasteiger partial charge in [0.1, 0.15) is 0 Å². The quantitative estimate of drug-likeness (QED) is 0.773. The molecule has 2 aromatic rings. The Bertz CT molecular complexity index is 380. The monoisotopic (exact) mass is 207 g/mol. The Morgan fingerprint density at radius 2 is 2.43 bits per heavy atom. The van der Waals surface area contributed by atoms with E-state index in [4.69, 9.17) is 4.52 Å². The van der Waals surface area contributed by atoms with Crippen LogP contribution in [0.25, 0.3) is 10.7 Å². The smallest absolute Gasteiger partial charge is 0.226 e. The van der Waals surface area contributed by atoms with Crippen LogP contribution in [0.1, 0.15) is 18.7 Å². The van der Waals surface area contributed by atoms with Gasteiger partial charge in [-0.15, -0.1) is 11.3 Å². The van der Waals surface area contributed by atoms with E-state index in [9.17, 15) is 0 Å². The zero-order valence-electron chi connectivity index (χ0n) is 7.77. The number of hydrogen-bond acceptors (Lipinski definition) is 4. The molecule has 0 amide bonds. The topological polar surface area (TPSA) is 38.9 Å². The van der Waals surface area contributed by atoms with Gasteiger partial charge in [-0.25, -0.2) is 0 Å². The van der Waals surface area contributed by atoms with Gasteiger partial charge in [0, 0.05) is 6.42 Å². The van der Waals surface area contributed by atoms with Gasteiger partial charge < -0.3 is 4.52 Å². The van der Waals surface area contributed by atoms with E-state index in [2.05, 4.69) is 17.1 Å². The fourth-order valence-corrected chi connectivity index (χ4v) is 1.79. The number of unbranched alkanes of at least 4 members (excludes halogenated alkanes) is 1. The highest BCUT2D eigenvalue weighted by atomic mass is 32.1. The van der Waals surface area contributed by atoms with Gasteiger partial charge in [-0.05, 0) is 17.9 Å². The van der Waals surface area contributed by atoms with Crippen LogP contribution in [0.2, 0.25) is 0 Å². The summed E-state index contributed by atoms with van der Waals surface area (Å²) in [7, 11) is 0. The third-order valence-electron chi connectivity index (χ3n) is 1.85. The first-order chi connectivity index (χ1) is 6.90. The lowest BCUT2D eigenvalue weighted by Crippen LogP contribution is -1.83. The van der Waals surface area contributed by atoms with Crippen molar-refractivity contribution in [3.63, 3.8) is 0 Å². The Morgan fingerprint density at radius 3 is 3.14 bits per heavy atom. The molecule has 1 radical (unpaired) electrons. The molecule has 0 spiro atoms. The molecule has 0 aliphatic heterocycles. The molecule has 2 heterocycles. The molecule has 0 aliphatic carbocycles. The minimum absolute atomic E-state index is 0.694. The van der Waals surface area contributed by atoms with E-state index in [1.165, 1.54) is 0 Å². The summed E-state index contributed by atoms with van der Waals surface area (Å²) in [4.78, 5) is 5.35. The molecule has 3 nitrogen and oxygen atoms in total. The summed E-state index contributed by atoms with van der Waals surface area (Å²) in [5.41, 5.74) is 0. The van der Waals surface area contributed by atoms with Crippen LogP contribution in [0.15, 0.2) is 22.0 Å². The summed E-state index contributed by atoms with van der Waals surface area (Å²) >= 11 is 1.62. The summed E-state index contributed by atoms with van der Waals surface area (Å²) in [6.45, 7) is 3.77. The van der Waals surface area contributed by atoms with E-state index in [1.807, 2.05) is 17.5 Å². The molecule has 0 N–H and O–H groups in total. The number of aromatic nitrogens is 2. The number of hydrogen-bond donors (Lipinski definition) is 0. The lowest BCUT2D eigenvalue weighted by molar-refractivity contribution is 0.376. The summed E-state index contributed by atoms with van der Waals surface area (Å²) < 4.78 is 5.11. The van der Waals surface area contributed by atoms with Gasteiger partial charge in [0.15, 0.2) is 0 Å². The number of nitrogens with zero attached hydrogens (tertiary/aromatic N) is 2. The van der Waals surface area contributed by atoms with Crippen molar-refractivity contribution in [2.24, 2.45) is 0 Å². The molecule has 0 atom stereocenters.